The van der Waals surface area contributed by atoms with Crippen molar-refractivity contribution >= 4 is 23.2 Å². The van der Waals surface area contributed by atoms with Crippen LogP contribution in [-0.2, 0) is 5.88 Å². The van der Waals surface area contributed by atoms with Crippen molar-refractivity contribution < 1.29 is 4.74 Å². The zero-order valence-corrected chi connectivity index (χ0v) is 11.7. The maximum atomic E-state index is 5.98. The maximum absolute atomic E-state index is 5.98. The number of benzene rings is 1. The zero-order valence-electron chi connectivity index (χ0n) is 10.2. The average Bonchev–Trinajstić information content (AvgIpc) is 2.34. The molecule has 2 rings (SSSR count). The van der Waals surface area contributed by atoms with Crippen LogP contribution in [-0.4, -0.2) is 4.98 Å². The summed E-state index contributed by atoms with van der Waals surface area (Å²) in [5.41, 5.74) is 2.76. The van der Waals surface area contributed by atoms with Crippen LogP contribution in [0.4, 0.5) is 0 Å². The smallest absolute Gasteiger partial charge is 0.219 e. The highest BCUT2D eigenvalue weighted by Crippen LogP contribution is 2.30. The van der Waals surface area contributed by atoms with E-state index >= 15 is 0 Å². The lowest BCUT2D eigenvalue weighted by atomic mass is 10.1. The molecule has 0 atom stereocenters. The standard InChI is InChI=1S/C14H13Cl2NO/c1-9-6-11(16)7-10(2)14(9)18-13-5-3-4-12(8-15)17-13/h3-7H,8H2,1-2H3. The van der Waals surface area contributed by atoms with E-state index in [4.69, 9.17) is 27.9 Å². The number of hydrogen-bond acceptors (Lipinski definition) is 2. The summed E-state index contributed by atoms with van der Waals surface area (Å²) >= 11 is 11.7. The molecule has 0 saturated carbocycles. The second-order valence-corrected chi connectivity index (χ2v) is 4.78. The molecule has 0 aliphatic rings. The third-order valence-electron chi connectivity index (χ3n) is 2.55. The molecule has 0 bridgehead atoms. The van der Waals surface area contributed by atoms with Gasteiger partial charge in [0.1, 0.15) is 5.75 Å². The van der Waals surface area contributed by atoms with Crippen LogP contribution in [0.5, 0.6) is 11.6 Å². The van der Waals surface area contributed by atoms with Gasteiger partial charge in [-0.15, -0.1) is 11.6 Å². The Morgan fingerprint density at radius 3 is 2.44 bits per heavy atom. The van der Waals surface area contributed by atoms with Crippen molar-refractivity contribution in [2.45, 2.75) is 19.7 Å². The van der Waals surface area contributed by atoms with Crippen molar-refractivity contribution in [2.75, 3.05) is 0 Å². The van der Waals surface area contributed by atoms with E-state index in [-0.39, 0.29) is 0 Å². The van der Waals surface area contributed by atoms with Crippen LogP contribution >= 0.6 is 23.2 Å². The molecule has 1 heterocycles. The number of ether oxygens (including phenoxy) is 1. The molecule has 2 nitrogen and oxygen atoms in total. The summed E-state index contributed by atoms with van der Waals surface area (Å²) in [5, 5.41) is 0.708. The van der Waals surface area contributed by atoms with Gasteiger partial charge in [-0.3, -0.25) is 0 Å². The molecule has 0 saturated heterocycles. The molecule has 4 heteroatoms. The maximum Gasteiger partial charge on any atom is 0.219 e. The van der Waals surface area contributed by atoms with Gasteiger partial charge in [0.25, 0.3) is 0 Å². The average molecular weight is 282 g/mol. The Hall–Kier alpha value is -1.25. The second kappa shape index (κ2) is 5.59. The van der Waals surface area contributed by atoms with Gasteiger partial charge in [0.05, 0.1) is 11.6 Å². The van der Waals surface area contributed by atoms with Gasteiger partial charge in [0.2, 0.25) is 5.88 Å². The fraction of sp³-hybridized carbons (Fsp3) is 0.214. The Morgan fingerprint density at radius 2 is 1.83 bits per heavy atom. The van der Waals surface area contributed by atoms with Gasteiger partial charge >= 0.3 is 0 Å². The van der Waals surface area contributed by atoms with Crippen LogP contribution in [0.2, 0.25) is 5.02 Å². The van der Waals surface area contributed by atoms with E-state index in [1.54, 1.807) is 0 Å². The highest BCUT2D eigenvalue weighted by molar-refractivity contribution is 6.30. The van der Waals surface area contributed by atoms with Gasteiger partial charge in [0.15, 0.2) is 0 Å². The van der Waals surface area contributed by atoms with Crippen LogP contribution < -0.4 is 4.74 Å². The number of hydrogen-bond donors (Lipinski definition) is 0. The summed E-state index contributed by atoms with van der Waals surface area (Å²) in [6.07, 6.45) is 0. The van der Waals surface area contributed by atoms with E-state index in [2.05, 4.69) is 4.98 Å². The Kier molecular flexibility index (Phi) is 4.10. The van der Waals surface area contributed by atoms with Crippen molar-refractivity contribution in [3.05, 3.63) is 52.2 Å². The first-order valence-electron chi connectivity index (χ1n) is 5.56. The van der Waals surface area contributed by atoms with Gasteiger partial charge < -0.3 is 4.74 Å². The monoisotopic (exact) mass is 281 g/mol. The normalized spacial score (nSPS) is 10.4. The van der Waals surface area contributed by atoms with Gasteiger partial charge in [-0.1, -0.05) is 17.7 Å². The molecule has 0 N–H and O–H groups in total. The Labute approximate surface area is 117 Å². The molecule has 0 aliphatic carbocycles. The molecule has 0 aliphatic heterocycles. The van der Waals surface area contributed by atoms with Crippen molar-refractivity contribution in [3.63, 3.8) is 0 Å². The molecule has 0 fully saturated rings. The molecular weight excluding hydrogens is 269 g/mol. The molecule has 1 aromatic heterocycles. The van der Waals surface area contributed by atoms with Gasteiger partial charge in [0, 0.05) is 11.1 Å². The molecule has 0 spiro atoms. The van der Waals surface area contributed by atoms with Crippen LogP contribution in [0.25, 0.3) is 0 Å². The first-order chi connectivity index (χ1) is 8.60. The van der Waals surface area contributed by atoms with Crippen molar-refractivity contribution in [2.24, 2.45) is 0 Å². The highest BCUT2D eigenvalue weighted by Gasteiger charge is 2.08. The summed E-state index contributed by atoms with van der Waals surface area (Å²) in [4.78, 5) is 4.30. The van der Waals surface area contributed by atoms with E-state index in [0.29, 0.717) is 16.8 Å². The lowest BCUT2D eigenvalue weighted by molar-refractivity contribution is 0.454. The van der Waals surface area contributed by atoms with E-state index in [1.165, 1.54) is 0 Å². The van der Waals surface area contributed by atoms with Crippen LogP contribution in [0.15, 0.2) is 30.3 Å². The van der Waals surface area contributed by atoms with Crippen LogP contribution in [0.1, 0.15) is 16.8 Å². The predicted octanol–water partition coefficient (Wildman–Crippen LogP) is 4.88. The number of aryl methyl sites for hydroxylation is 2. The summed E-state index contributed by atoms with van der Waals surface area (Å²) in [6, 6.07) is 9.29. The largest absolute Gasteiger partial charge is 0.438 e. The molecule has 94 valence electrons. The van der Waals surface area contributed by atoms with Crippen molar-refractivity contribution in [1.82, 2.24) is 4.98 Å². The second-order valence-electron chi connectivity index (χ2n) is 4.07. The van der Waals surface area contributed by atoms with E-state index in [9.17, 15) is 0 Å². The number of pyridine rings is 1. The number of alkyl halides is 1. The molecule has 1 aromatic carbocycles. The van der Waals surface area contributed by atoms with Gasteiger partial charge in [-0.2, -0.15) is 0 Å². The number of nitrogens with zero attached hydrogens (tertiary/aromatic N) is 1. The number of rotatable bonds is 3. The summed E-state index contributed by atoms with van der Waals surface area (Å²) in [7, 11) is 0. The van der Waals surface area contributed by atoms with Crippen LogP contribution in [0.3, 0.4) is 0 Å². The topological polar surface area (TPSA) is 22.1 Å². The lowest BCUT2D eigenvalue weighted by Gasteiger charge is -2.11. The zero-order chi connectivity index (χ0) is 13.1. The lowest BCUT2D eigenvalue weighted by Crippen LogP contribution is -1.95. The summed E-state index contributed by atoms with van der Waals surface area (Å²) in [5.74, 6) is 1.70. The van der Waals surface area contributed by atoms with Crippen LogP contribution in [0, 0.1) is 13.8 Å². The molecule has 2 aromatic rings. The van der Waals surface area contributed by atoms with E-state index in [0.717, 1.165) is 22.6 Å². The highest BCUT2D eigenvalue weighted by atomic mass is 35.5. The first kappa shape index (κ1) is 13.2. The molecular formula is C14H13Cl2NO. The Bertz CT molecular complexity index is 546. The fourth-order valence-corrected chi connectivity index (χ4v) is 2.23. The van der Waals surface area contributed by atoms with E-state index < -0.39 is 0 Å². The number of aromatic nitrogens is 1. The molecule has 18 heavy (non-hydrogen) atoms. The predicted molar refractivity (Wildman–Crippen MR) is 74.8 cm³/mol. The van der Waals surface area contributed by atoms with Crippen molar-refractivity contribution in [3.8, 4) is 11.6 Å². The van der Waals surface area contributed by atoms with E-state index in [1.807, 2.05) is 44.2 Å². The minimum atomic E-state index is 0.371. The third kappa shape index (κ3) is 2.95. The third-order valence-corrected chi connectivity index (χ3v) is 3.04. The fourth-order valence-electron chi connectivity index (χ4n) is 1.75. The molecule has 0 amide bonds. The quantitative estimate of drug-likeness (QED) is 0.748. The molecule has 0 radical (unpaired) electrons. The SMILES string of the molecule is Cc1cc(Cl)cc(C)c1Oc1cccc(CCl)n1. The Balaban J connectivity index is 2.33. The minimum Gasteiger partial charge on any atom is -0.438 e. The molecule has 0 unspecified atom stereocenters. The number of halogens is 2. The Morgan fingerprint density at radius 1 is 1.17 bits per heavy atom. The first-order valence-corrected chi connectivity index (χ1v) is 6.48. The van der Waals surface area contributed by atoms with Crippen molar-refractivity contribution in [1.29, 1.82) is 0 Å². The summed E-state index contributed by atoms with van der Waals surface area (Å²) < 4.78 is 5.81. The summed E-state index contributed by atoms with van der Waals surface area (Å²) in [6.45, 7) is 3.92. The van der Waals surface area contributed by atoms with Gasteiger partial charge in [-0.05, 0) is 43.2 Å². The van der Waals surface area contributed by atoms with Gasteiger partial charge in [-0.25, -0.2) is 4.98 Å². The minimum absolute atomic E-state index is 0.371.